The van der Waals surface area contributed by atoms with Gasteiger partial charge in [-0.25, -0.2) is 0 Å². The number of fused-ring (bicyclic) bond motifs is 1. The smallest absolute Gasteiger partial charge is 0.258 e. The summed E-state index contributed by atoms with van der Waals surface area (Å²) in [6.07, 6.45) is 2.87. The van der Waals surface area contributed by atoms with Crippen molar-refractivity contribution < 1.29 is 14.3 Å². The first-order valence-corrected chi connectivity index (χ1v) is 12.6. The third-order valence-corrected chi connectivity index (χ3v) is 7.92. The number of amides is 2. The Morgan fingerprint density at radius 1 is 1.12 bits per heavy atom. The molecule has 1 aliphatic carbocycles. The average molecular weight is 470 g/mol. The van der Waals surface area contributed by atoms with Gasteiger partial charge in [0.1, 0.15) is 5.00 Å². The number of anilines is 2. The van der Waals surface area contributed by atoms with E-state index in [0.717, 1.165) is 49.2 Å². The van der Waals surface area contributed by atoms with Crippen molar-refractivity contribution in [3.63, 3.8) is 0 Å². The molecule has 1 aromatic heterocycles. The van der Waals surface area contributed by atoms with Crippen molar-refractivity contribution in [3.8, 4) is 0 Å². The minimum atomic E-state index is -0.146. The topological polar surface area (TPSA) is 70.7 Å². The third kappa shape index (κ3) is 5.83. The van der Waals surface area contributed by atoms with Crippen molar-refractivity contribution in [2.75, 3.05) is 43.5 Å². The molecule has 6 nitrogen and oxygen atoms in total. The second-order valence-corrected chi connectivity index (χ2v) is 11.4. The molecule has 1 atom stereocenters. The van der Waals surface area contributed by atoms with Crippen LogP contribution in [-0.4, -0.2) is 49.6 Å². The van der Waals surface area contributed by atoms with Gasteiger partial charge in [0.15, 0.2) is 0 Å². The number of nitrogens with zero attached hydrogens (tertiary/aromatic N) is 1. The van der Waals surface area contributed by atoms with Gasteiger partial charge in [0, 0.05) is 23.7 Å². The molecule has 2 aromatic rings. The molecule has 1 saturated heterocycles. The summed E-state index contributed by atoms with van der Waals surface area (Å²) in [5.41, 5.74) is 3.86. The SMILES string of the molecule is Cc1ccc(NC(=O)c2c(NC(=O)CN3CCOCC3)sc3c2CC[C@@H](C(C)(C)C)C3)cc1. The van der Waals surface area contributed by atoms with Crippen LogP contribution < -0.4 is 10.6 Å². The Labute approximate surface area is 200 Å². The fourth-order valence-electron chi connectivity index (χ4n) is 4.61. The number of aryl methyl sites for hydroxylation is 1. The number of hydrogen-bond donors (Lipinski definition) is 2. The van der Waals surface area contributed by atoms with Gasteiger partial charge in [-0.3, -0.25) is 14.5 Å². The first-order valence-electron chi connectivity index (χ1n) is 11.8. The Morgan fingerprint density at radius 2 is 1.82 bits per heavy atom. The van der Waals surface area contributed by atoms with Crippen molar-refractivity contribution in [2.24, 2.45) is 11.3 Å². The van der Waals surface area contributed by atoms with Gasteiger partial charge in [-0.05, 0) is 55.2 Å². The van der Waals surface area contributed by atoms with Crippen molar-refractivity contribution in [3.05, 3.63) is 45.8 Å². The number of carbonyl (C=O) groups is 2. The molecule has 178 valence electrons. The van der Waals surface area contributed by atoms with Gasteiger partial charge in [-0.1, -0.05) is 38.5 Å². The molecular formula is C26H35N3O3S. The van der Waals surface area contributed by atoms with Gasteiger partial charge in [-0.2, -0.15) is 0 Å². The number of carbonyl (C=O) groups excluding carboxylic acids is 2. The van der Waals surface area contributed by atoms with E-state index in [9.17, 15) is 9.59 Å². The first-order chi connectivity index (χ1) is 15.7. The van der Waals surface area contributed by atoms with Crippen LogP contribution in [-0.2, 0) is 22.4 Å². The Balaban J connectivity index is 1.58. The number of nitrogens with one attached hydrogen (secondary N) is 2. The molecule has 0 unspecified atom stereocenters. The Kier molecular flexibility index (Phi) is 7.22. The monoisotopic (exact) mass is 469 g/mol. The van der Waals surface area contributed by atoms with Gasteiger partial charge in [0.05, 0.1) is 25.3 Å². The molecule has 0 saturated carbocycles. The second kappa shape index (κ2) is 9.95. The van der Waals surface area contributed by atoms with Crippen LogP contribution in [0.2, 0.25) is 0 Å². The van der Waals surface area contributed by atoms with Crippen molar-refractivity contribution in [2.45, 2.75) is 47.0 Å². The summed E-state index contributed by atoms with van der Waals surface area (Å²) in [6.45, 7) is 12.0. The molecule has 1 aromatic carbocycles. The van der Waals surface area contributed by atoms with Crippen molar-refractivity contribution in [1.29, 1.82) is 0 Å². The zero-order valence-electron chi connectivity index (χ0n) is 20.1. The van der Waals surface area contributed by atoms with Crippen molar-refractivity contribution >= 4 is 33.8 Å². The van der Waals surface area contributed by atoms with E-state index in [2.05, 4.69) is 36.3 Å². The lowest BCUT2D eigenvalue weighted by molar-refractivity contribution is -0.118. The molecule has 2 amide bonds. The highest BCUT2D eigenvalue weighted by atomic mass is 32.1. The fraction of sp³-hybridized carbons (Fsp3) is 0.538. The zero-order chi connectivity index (χ0) is 23.6. The minimum absolute atomic E-state index is 0.0766. The molecule has 0 bridgehead atoms. The van der Waals surface area contributed by atoms with Crippen LogP contribution in [0.15, 0.2) is 24.3 Å². The number of morpholine rings is 1. The summed E-state index contributed by atoms with van der Waals surface area (Å²) in [5, 5.41) is 6.81. The molecule has 4 rings (SSSR count). The van der Waals surface area contributed by atoms with Crippen LogP contribution >= 0.6 is 11.3 Å². The van der Waals surface area contributed by atoms with E-state index in [1.165, 1.54) is 4.88 Å². The van der Waals surface area contributed by atoms with E-state index in [4.69, 9.17) is 4.74 Å². The quantitative estimate of drug-likeness (QED) is 0.664. The number of ether oxygens (including phenoxy) is 1. The molecule has 2 N–H and O–H groups in total. The maximum Gasteiger partial charge on any atom is 0.258 e. The lowest BCUT2D eigenvalue weighted by Crippen LogP contribution is -2.41. The Morgan fingerprint density at radius 3 is 2.48 bits per heavy atom. The lowest BCUT2D eigenvalue weighted by atomic mass is 9.72. The highest BCUT2D eigenvalue weighted by Crippen LogP contribution is 2.44. The van der Waals surface area contributed by atoms with Crippen LogP contribution in [0.1, 0.15) is 53.6 Å². The van der Waals surface area contributed by atoms with Gasteiger partial charge in [0.25, 0.3) is 5.91 Å². The first kappa shape index (κ1) is 23.9. The summed E-state index contributed by atoms with van der Waals surface area (Å²) in [7, 11) is 0. The van der Waals surface area contributed by atoms with Gasteiger partial charge < -0.3 is 15.4 Å². The fourth-order valence-corrected chi connectivity index (χ4v) is 5.95. The lowest BCUT2D eigenvalue weighted by Gasteiger charge is -2.33. The molecule has 1 aliphatic heterocycles. The predicted molar refractivity (Wildman–Crippen MR) is 134 cm³/mol. The van der Waals surface area contributed by atoms with E-state index in [1.807, 2.05) is 31.2 Å². The van der Waals surface area contributed by atoms with Crippen LogP contribution in [0.3, 0.4) is 0 Å². The van der Waals surface area contributed by atoms with E-state index >= 15 is 0 Å². The molecule has 0 spiro atoms. The average Bonchev–Trinajstić information content (AvgIpc) is 3.12. The van der Waals surface area contributed by atoms with Crippen LogP contribution in [0, 0.1) is 18.3 Å². The number of thiophene rings is 1. The highest BCUT2D eigenvalue weighted by molar-refractivity contribution is 7.17. The maximum absolute atomic E-state index is 13.4. The zero-order valence-corrected chi connectivity index (χ0v) is 20.9. The van der Waals surface area contributed by atoms with Crippen LogP contribution in [0.4, 0.5) is 10.7 Å². The normalized spacial score (nSPS) is 19.1. The Hall–Kier alpha value is -2.22. The molecule has 1 fully saturated rings. The standard InChI is InChI=1S/C26H35N3O3S/c1-17-5-8-19(9-6-17)27-24(31)23-20-10-7-18(26(2,3)4)15-21(20)33-25(23)28-22(30)16-29-11-13-32-14-12-29/h5-6,8-9,18H,7,10-16H2,1-4H3,(H,27,31)(H,28,30)/t18-/m1/s1. The minimum Gasteiger partial charge on any atom is -0.379 e. The molecular weight excluding hydrogens is 434 g/mol. The summed E-state index contributed by atoms with van der Waals surface area (Å²) < 4.78 is 5.38. The number of hydrogen-bond acceptors (Lipinski definition) is 5. The van der Waals surface area contributed by atoms with Crippen molar-refractivity contribution in [1.82, 2.24) is 4.90 Å². The van der Waals surface area contributed by atoms with E-state index in [0.29, 0.717) is 36.2 Å². The molecule has 33 heavy (non-hydrogen) atoms. The van der Waals surface area contributed by atoms with Crippen LogP contribution in [0.5, 0.6) is 0 Å². The summed E-state index contributed by atoms with van der Waals surface area (Å²) in [6, 6.07) is 7.80. The molecule has 2 heterocycles. The number of benzene rings is 1. The highest BCUT2D eigenvalue weighted by Gasteiger charge is 2.34. The van der Waals surface area contributed by atoms with E-state index in [-0.39, 0.29) is 17.2 Å². The van der Waals surface area contributed by atoms with Gasteiger partial charge >= 0.3 is 0 Å². The third-order valence-electron chi connectivity index (χ3n) is 6.75. The second-order valence-electron chi connectivity index (χ2n) is 10.3. The maximum atomic E-state index is 13.4. The van der Waals surface area contributed by atoms with E-state index < -0.39 is 0 Å². The van der Waals surface area contributed by atoms with Gasteiger partial charge in [-0.15, -0.1) is 11.3 Å². The Bertz CT molecular complexity index is 1000. The molecule has 7 heteroatoms. The largest absolute Gasteiger partial charge is 0.379 e. The number of rotatable bonds is 5. The summed E-state index contributed by atoms with van der Waals surface area (Å²) in [4.78, 5) is 29.6. The molecule has 0 radical (unpaired) electrons. The molecule has 2 aliphatic rings. The summed E-state index contributed by atoms with van der Waals surface area (Å²) in [5.74, 6) is 0.341. The van der Waals surface area contributed by atoms with Gasteiger partial charge in [0.2, 0.25) is 5.91 Å². The summed E-state index contributed by atoms with van der Waals surface area (Å²) >= 11 is 1.58. The predicted octanol–water partition coefficient (Wildman–Crippen LogP) is 4.73. The van der Waals surface area contributed by atoms with E-state index in [1.54, 1.807) is 11.3 Å². The van der Waals surface area contributed by atoms with Crippen LogP contribution in [0.25, 0.3) is 0 Å².